The van der Waals surface area contributed by atoms with Crippen LogP contribution < -0.4 is 5.32 Å². The van der Waals surface area contributed by atoms with Crippen molar-refractivity contribution >= 4 is 0 Å². The molecule has 82 valence electrons. The first-order valence-corrected chi connectivity index (χ1v) is 6.03. The molecule has 0 unspecified atom stereocenters. The van der Waals surface area contributed by atoms with E-state index in [9.17, 15) is 0 Å². The Morgan fingerprint density at radius 2 is 1.80 bits per heavy atom. The van der Waals surface area contributed by atoms with Gasteiger partial charge in [0.05, 0.1) is 0 Å². The molecule has 0 spiro atoms. The number of aryl methyl sites for hydroxylation is 3. The predicted octanol–water partition coefficient (Wildman–Crippen LogP) is 3.12. The summed E-state index contributed by atoms with van der Waals surface area (Å²) in [6, 6.07) is 5.50. The molecular weight excluding hydrogens is 182 g/mol. The van der Waals surface area contributed by atoms with Gasteiger partial charge in [-0.2, -0.15) is 0 Å². The van der Waals surface area contributed by atoms with Crippen molar-refractivity contribution in [1.29, 1.82) is 0 Å². The van der Waals surface area contributed by atoms with E-state index in [0.29, 0.717) is 0 Å². The van der Waals surface area contributed by atoms with Crippen LogP contribution in [0.5, 0.6) is 0 Å². The smallest absolute Gasteiger partial charge is 0.0210 e. The Labute approximate surface area is 92.9 Å². The van der Waals surface area contributed by atoms with Gasteiger partial charge in [-0.05, 0) is 55.4 Å². The van der Waals surface area contributed by atoms with Crippen molar-refractivity contribution in [3.63, 3.8) is 0 Å². The van der Waals surface area contributed by atoms with Gasteiger partial charge in [-0.15, -0.1) is 0 Å². The van der Waals surface area contributed by atoms with Crippen LogP contribution >= 0.6 is 0 Å². The molecule has 0 bridgehead atoms. The Balaban J connectivity index is 2.13. The maximum atomic E-state index is 3.58. The molecule has 0 saturated heterocycles. The molecule has 1 aliphatic rings. The normalized spacial score (nSPS) is 15.7. The van der Waals surface area contributed by atoms with Gasteiger partial charge in [0.25, 0.3) is 0 Å². The predicted molar refractivity (Wildman–Crippen MR) is 65.2 cm³/mol. The highest BCUT2D eigenvalue weighted by atomic mass is 14.9. The van der Waals surface area contributed by atoms with Gasteiger partial charge in [0.15, 0.2) is 0 Å². The van der Waals surface area contributed by atoms with Crippen LogP contribution in [0.15, 0.2) is 12.1 Å². The van der Waals surface area contributed by atoms with Gasteiger partial charge in [-0.1, -0.05) is 19.1 Å². The second kappa shape index (κ2) is 4.36. The van der Waals surface area contributed by atoms with E-state index < -0.39 is 0 Å². The van der Waals surface area contributed by atoms with Crippen LogP contribution in [0.3, 0.4) is 0 Å². The lowest BCUT2D eigenvalue weighted by Gasteiger charge is -2.11. The van der Waals surface area contributed by atoms with Gasteiger partial charge in [-0.3, -0.25) is 0 Å². The molecule has 0 amide bonds. The van der Waals surface area contributed by atoms with E-state index in [0.717, 1.165) is 19.0 Å². The second-order valence-corrected chi connectivity index (χ2v) is 4.71. The molecule has 1 heteroatoms. The number of nitrogens with one attached hydrogen (secondary N) is 1. The summed E-state index contributed by atoms with van der Waals surface area (Å²) in [7, 11) is 0. The highest BCUT2D eigenvalue weighted by Crippen LogP contribution is 2.21. The molecule has 1 saturated carbocycles. The maximum Gasteiger partial charge on any atom is 0.0210 e. The fraction of sp³-hybridized carbons (Fsp3) is 0.571. The number of rotatable bonds is 4. The van der Waals surface area contributed by atoms with E-state index in [1.54, 1.807) is 0 Å². The maximum absolute atomic E-state index is 3.58. The molecule has 1 aliphatic carbocycles. The fourth-order valence-corrected chi connectivity index (χ4v) is 2.06. The van der Waals surface area contributed by atoms with Crippen molar-refractivity contribution in [2.24, 2.45) is 0 Å². The van der Waals surface area contributed by atoms with Crippen LogP contribution in [0.25, 0.3) is 0 Å². The highest BCUT2D eigenvalue weighted by Gasteiger charge is 2.20. The van der Waals surface area contributed by atoms with E-state index in [1.165, 1.54) is 35.1 Å². The van der Waals surface area contributed by atoms with Crippen molar-refractivity contribution in [3.8, 4) is 0 Å². The molecular formula is C14H21N. The van der Waals surface area contributed by atoms with Gasteiger partial charge >= 0.3 is 0 Å². The molecule has 0 radical (unpaired) electrons. The molecule has 0 heterocycles. The van der Waals surface area contributed by atoms with Crippen LogP contribution in [0, 0.1) is 13.8 Å². The second-order valence-electron chi connectivity index (χ2n) is 4.71. The summed E-state index contributed by atoms with van der Waals surface area (Å²) in [6.45, 7) is 7.71. The zero-order valence-electron chi connectivity index (χ0n) is 10.1. The van der Waals surface area contributed by atoms with Crippen LogP contribution in [-0.2, 0) is 13.0 Å². The van der Waals surface area contributed by atoms with Gasteiger partial charge in [0.1, 0.15) is 0 Å². The SMILES string of the molecule is CCc1cc(CNC2CC2)c(C)cc1C. The Kier molecular flexibility index (Phi) is 3.11. The molecule has 1 aromatic rings. The Morgan fingerprint density at radius 3 is 2.40 bits per heavy atom. The number of benzene rings is 1. The number of hydrogen-bond acceptors (Lipinski definition) is 1. The third-order valence-corrected chi connectivity index (χ3v) is 3.33. The minimum absolute atomic E-state index is 0.802. The monoisotopic (exact) mass is 203 g/mol. The molecule has 2 rings (SSSR count). The Bertz CT molecular complexity index is 351. The van der Waals surface area contributed by atoms with Gasteiger partial charge in [0, 0.05) is 12.6 Å². The summed E-state index contributed by atoms with van der Waals surface area (Å²) in [4.78, 5) is 0. The van der Waals surface area contributed by atoms with Crippen LogP contribution in [0.2, 0.25) is 0 Å². The largest absolute Gasteiger partial charge is 0.310 e. The van der Waals surface area contributed by atoms with Crippen molar-refractivity contribution in [3.05, 3.63) is 34.4 Å². The quantitative estimate of drug-likeness (QED) is 0.793. The Morgan fingerprint density at radius 1 is 1.13 bits per heavy atom. The molecule has 0 aliphatic heterocycles. The molecule has 1 nitrogen and oxygen atoms in total. The average molecular weight is 203 g/mol. The van der Waals surface area contributed by atoms with Crippen molar-refractivity contribution in [2.45, 2.75) is 52.6 Å². The van der Waals surface area contributed by atoms with E-state index >= 15 is 0 Å². The first-order chi connectivity index (χ1) is 7.20. The van der Waals surface area contributed by atoms with Gasteiger partial charge in [-0.25, -0.2) is 0 Å². The van der Waals surface area contributed by atoms with Gasteiger partial charge < -0.3 is 5.32 Å². The summed E-state index contributed by atoms with van der Waals surface area (Å²) < 4.78 is 0. The van der Waals surface area contributed by atoms with Crippen LogP contribution in [0.4, 0.5) is 0 Å². The minimum Gasteiger partial charge on any atom is -0.310 e. The van der Waals surface area contributed by atoms with E-state index in [-0.39, 0.29) is 0 Å². The van der Waals surface area contributed by atoms with Crippen LogP contribution in [-0.4, -0.2) is 6.04 Å². The Hall–Kier alpha value is -0.820. The third-order valence-electron chi connectivity index (χ3n) is 3.33. The fourth-order valence-electron chi connectivity index (χ4n) is 2.06. The summed E-state index contributed by atoms with van der Waals surface area (Å²) in [5, 5.41) is 3.58. The van der Waals surface area contributed by atoms with Crippen molar-refractivity contribution < 1.29 is 0 Å². The lowest BCUT2D eigenvalue weighted by atomic mass is 9.98. The zero-order chi connectivity index (χ0) is 10.8. The summed E-state index contributed by atoms with van der Waals surface area (Å²) in [6.07, 6.45) is 3.87. The summed E-state index contributed by atoms with van der Waals surface area (Å²) >= 11 is 0. The first-order valence-electron chi connectivity index (χ1n) is 6.03. The van der Waals surface area contributed by atoms with Crippen molar-refractivity contribution in [1.82, 2.24) is 5.32 Å². The highest BCUT2D eigenvalue weighted by molar-refractivity contribution is 5.37. The summed E-state index contributed by atoms with van der Waals surface area (Å²) in [5.74, 6) is 0. The average Bonchev–Trinajstić information content (AvgIpc) is 3.00. The topological polar surface area (TPSA) is 12.0 Å². The zero-order valence-corrected chi connectivity index (χ0v) is 10.1. The van der Waals surface area contributed by atoms with Crippen LogP contribution in [0.1, 0.15) is 42.0 Å². The lowest BCUT2D eigenvalue weighted by molar-refractivity contribution is 0.684. The third kappa shape index (κ3) is 2.60. The molecule has 0 atom stereocenters. The van der Waals surface area contributed by atoms with E-state index in [2.05, 4.69) is 38.2 Å². The van der Waals surface area contributed by atoms with Gasteiger partial charge in [0.2, 0.25) is 0 Å². The molecule has 1 fully saturated rings. The van der Waals surface area contributed by atoms with Crippen molar-refractivity contribution in [2.75, 3.05) is 0 Å². The van der Waals surface area contributed by atoms with E-state index in [4.69, 9.17) is 0 Å². The molecule has 0 aromatic heterocycles. The van der Waals surface area contributed by atoms with E-state index in [1.807, 2.05) is 0 Å². The molecule has 15 heavy (non-hydrogen) atoms. The lowest BCUT2D eigenvalue weighted by Crippen LogP contribution is -2.16. The molecule has 1 N–H and O–H groups in total. The minimum atomic E-state index is 0.802. The number of hydrogen-bond donors (Lipinski definition) is 1. The molecule has 1 aromatic carbocycles. The summed E-state index contributed by atoms with van der Waals surface area (Å²) in [5.41, 5.74) is 5.83. The first kappa shape index (κ1) is 10.7. The standard InChI is InChI=1S/C14H21N/c1-4-12-8-13(9-15-14-5-6-14)11(3)7-10(12)2/h7-8,14-15H,4-6,9H2,1-3H3.